The maximum Gasteiger partial charge on any atom is 0.335 e. The number of carbonyl (C=O) groups is 6. The first-order valence-electron chi connectivity index (χ1n) is 24.9. The van der Waals surface area contributed by atoms with Crippen LogP contribution in [0.5, 0.6) is 0 Å². The van der Waals surface area contributed by atoms with Crippen molar-refractivity contribution < 1.29 is 75.9 Å². The van der Waals surface area contributed by atoms with Gasteiger partial charge in [0.05, 0.1) is 76.1 Å². The molecule has 111 heavy (non-hydrogen) atoms. The third-order valence-corrected chi connectivity index (χ3v) is 4060. The van der Waals surface area contributed by atoms with Gasteiger partial charge in [-0.1, -0.05) is 18.2 Å². The van der Waals surface area contributed by atoms with Gasteiger partial charge in [-0.15, -0.1) is 0 Å². The second kappa shape index (κ2) is 87.7. The van der Waals surface area contributed by atoms with Crippen molar-refractivity contribution >= 4 is 799 Å². The number of hydrogen-bond donors (Lipinski definition) is 3. The summed E-state index contributed by atoms with van der Waals surface area (Å²) in [5, 5.41) is 20.6. The number of ether oxygens (including phenoxy) is 5. The molecule has 6 rings (SSSR count). The molecule has 0 bridgehead atoms. The summed E-state index contributed by atoms with van der Waals surface area (Å²) in [4.78, 5) is 71.3. The minimum atomic E-state index is -1.06. The van der Waals surface area contributed by atoms with E-state index in [9.17, 15) is 28.8 Å². The molecule has 3 saturated heterocycles. The Morgan fingerprint density at radius 3 is 0.748 bits per heavy atom. The Kier molecular flexibility index (Phi) is 115. The predicted octanol–water partition coefficient (Wildman–Crippen LogP) is 49.2. The van der Waals surface area contributed by atoms with Gasteiger partial charge < -0.3 is 49.0 Å². The zero-order chi connectivity index (χ0) is 85.0. The molecule has 3 aliphatic heterocycles. The van der Waals surface area contributed by atoms with E-state index in [-0.39, 0.29) is 36.4 Å². The number of aromatic carboxylic acids is 2. The van der Waals surface area contributed by atoms with E-state index >= 15 is 0 Å². The number of esters is 2. The number of amides is 2. The smallest absolute Gasteiger partial charge is 0.335 e. The largest absolute Gasteiger partial charge is 0.478 e. The van der Waals surface area contributed by atoms with E-state index in [1.54, 1.807) is 46.2 Å². The topological polar surface area (TPSA) is 208 Å². The van der Waals surface area contributed by atoms with Crippen LogP contribution in [-0.2, 0) is 23.7 Å². The molecule has 0 spiro atoms. The van der Waals surface area contributed by atoms with Gasteiger partial charge >= 0.3 is 801 Å². The summed E-state index contributed by atoms with van der Waals surface area (Å²) < 4.78 is 24.4. The van der Waals surface area contributed by atoms with E-state index in [2.05, 4.69) is 573 Å². The molecule has 0 atom stereocenters. The molecule has 0 radical (unpaired) electrons. The first-order chi connectivity index (χ1) is 51.9. The van der Waals surface area contributed by atoms with Gasteiger partial charge in [-0.05, 0) is 54.6 Å². The van der Waals surface area contributed by atoms with E-state index in [0.29, 0.717) is 82.6 Å². The Morgan fingerprint density at radius 1 is 0.333 bits per heavy atom. The molecule has 0 saturated carbocycles. The number of nitrogens with zero attached hydrogens (tertiary/aromatic N) is 2. The predicted molar refractivity (Wildman–Crippen MR) is 978 cm³/mol. The minimum absolute atomic E-state index is 0.0721. The molecular formula is C38H45I57N3O13-. The van der Waals surface area contributed by atoms with Gasteiger partial charge in [0, 0.05) is 50.4 Å². The van der Waals surface area contributed by atoms with Crippen LogP contribution in [0.25, 0.3) is 0 Å². The summed E-state index contributed by atoms with van der Waals surface area (Å²) in [6.07, 6.45) is 0. The summed E-state index contributed by atoms with van der Waals surface area (Å²) in [5.74, 6) is -3.29. The van der Waals surface area contributed by atoms with Crippen LogP contribution in [0.1, 0.15) is 62.1 Å². The number of carbonyl (C=O) groups excluding carboxylic acids is 4. The summed E-state index contributed by atoms with van der Waals surface area (Å²) >= 11 is 94.7. The van der Waals surface area contributed by atoms with Gasteiger partial charge in [-0.25, -0.2) is 19.2 Å². The SMILES string of the molecule is C1COCCN1.COC(=O)c1cccc(C(=O)N2CCOCC2)c1.COC(=O)c1cccc(C(=O)O)c1.II(I)I(I)I(I)I(I)I(I)I(I)I(I)I(I)I(I)I(I)I(I)I(I)I(I)I.I[I-]I(I)I(I)I(I)I(I)I(I)I(I)I(I)I(I)I(I)I(I)I(I)I(I)I(I)I.O=C(O)c1cccc(C(=O)N2CCOCC2)c1. The normalized spacial score (nSPS) is 16.6. The van der Waals surface area contributed by atoms with Crippen molar-refractivity contribution in [2.75, 3.05) is 93.1 Å². The van der Waals surface area contributed by atoms with Crippen molar-refractivity contribution in [1.29, 1.82) is 0 Å². The molecule has 16 nitrogen and oxygen atoms in total. The number of halogens is 57. The molecule has 0 unspecified atom stereocenters. The summed E-state index contributed by atoms with van der Waals surface area (Å²) in [6, 6.07) is 18.3. The number of benzene rings is 3. The number of nitrogens with one attached hydrogen (secondary N) is 1. The standard InChI is InChI=1S/C13H15NO4.C12H13NO4.C9H8O4.C4H9NO.I29.I28/c1-17-13(16)11-4-2-3-10(9-11)12(15)14-5-7-18-8-6-14;14-11(13-4-6-17-7-5-13)9-2-1-3-10(8-9)12(15)16;1-13-9(12)7-4-2-3-6(5-7)8(10)11;1-3-6-4-2-5-1;1-16-18(4)20(6)22(8)24(10)26(12)28(14)29(15)27(13)25(11)23(9)21(7)19(5)17(2)3;1-16(2)18(5)20(7)22(9)24(11)26(13)28(15)27(14)25(12)23(10)21(8)19(6)17(3)4/h2-4,9H,5-8H2,1H3;1-3,8H,4-7H2,(H,15,16);2-5H,1H3,(H,10,11);5H,1-4H2;;/q;;;;-1;. The van der Waals surface area contributed by atoms with Crippen molar-refractivity contribution in [1.82, 2.24) is 15.1 Å². The zero-order valence-corrected chi connectivity index (χ0v) is 175. The van der Waals surface area contributed by atoms with Crippen molar-refractivity contribution in [3.63, 3.8) is 0 Å². The van der Waals surface area contributed by atoms with Gasteiger partial charge in [-0.2, -0.15) is 0 Å². The Hall–Kier alpha value is 35.9. The zero-order valence-electron chi connectivity index (χ0n) is 51.7. The van der Waals surface area contributed by atoms with E-state index in [0.717, 1.165) is 26.3 Å². The van der Waals surface area contributed by atoms with Crippen molar-refractivity contribution in [3.05, 3.63) is 106 Å². The Morgan fingerprint density at radius 2 is 0.541 bits per heavy atom. The molecule has 2 amide bonds. The van der Waals surface area contributed by atoms with Crippen LogP contribution in [0.3, 0.4) is 0 Å². The first kappa shape index (κ1) is 145. The second-order valence-corrected chi connectivity index (χ2v) is 1300. The van der Waals surface area contributed by atoms with Crippen LogP contribution >= 0.6 is 764 Å². The first-order valence-corrected chi connectivity index (χ1v) is 371. The van der Waals surface area contributed by atoms with Crippen LogP contribution in [-0.4, -0.2) is 149 Å². The van der Waals surface area contributed by atoms with Crippen LogP contribution in [0.2, 0.25) is 0 Å². The average molecular weight is 7990 g/mol. The van der Waals surface area contributed by atoms with Crippen LogP contribution < -0.4 is 18.6 Å². The quantitative estimate of drug-likeness (QED) is 0.0405. The fourth-order valence-electron chi connectivity index (χ4n) is 5.69. The molecule has 3 aliphatic rings. The Labute approximate surface area is 1040 Å². The van der Waals surface area contributed by atoms with Gasteiger partial charge in [0.1, 0.15) is 0 Å². The van der Waals surface area contributed by atoms with Gasteiger partial charge in [0.2, 0.25) is 0 Å². The van der Waals surface area contributed by atoms with Crippen LogP contribution in [0.4, 0.5) is 0 Å². The van der Waals surface area contributed by atoms with E-state index in [1.807, 2.05) is 0 Å². The number of rotatable bonds is 31. The molecule has 73 heteroatoms. The second-order valence-electron chi connectivity index (χ2n) is 15.8. The minimum Gasteiger partial charge on any atom is -0.478 e. The molecule has 0 aliphatic carbocycles. The summed E-state index contributed by atoms with van der Waals surface area (Å²) in [7, 11) is -9.10. The van der Waals surface area contributed by atoms with E-state index in [4.69, 9.17) is 24.4 Å². The third-order valence-electron chi connectivity index (χ3n) is 9.86. The molecule has 3 aromatic rings. The van der Waals surface area contributed by atoms with Crippen molar-refractivity contribution in [2.45, 2.75) is 0 Å². The molecule has 3 aromatic carbocycles. The molecule has 3 heterocycles. The van der Waals surface area contributed by atoms with E-state index in [1.165, 1.54) is 50.6 Å². The van der Waals surface area contributed by atoms with Gasteiger partial charge in [0.15, 0.2) is 0 Å². The number of hydrogen-bond acceptors (Lipinski definition) is 12. The maximum atomic E-state index is 12.2. The third kappa shape index (κ3) is 61.4. The number of carboxylic acids is 2. The molecule has 0 aromatic heterocycles. The van der Waals surface area contributed by atoms with Crippen molar-refractivity contribution in [2.24, 2.45) is 0 Å². The van der Waals surface area contributed by atoms with Crippen LogP contribution in [0, 0.1) is 0 Å². The monoisotopic (exact) mass is 7980 g/mol. The fraction of sp³-hybridized carbons (Fsp3) is 0.368. The summed E-state index contributed by atoms with van der Waals surface area (Å²) in [5.41, 5.74) is 1.73. The number of methoxy groups -OCH3 is 2. The molecule has 690 valence electrons. The van der Waals surface area contributed by atoms with Gasteiger partial charge in [0.25, 0.3) is 11.8 Å². The number of carboxylic acid groups (broad SMARTS) is 2. The van der Waals surface area contributed by atoms with Gasteiger partial charge in [-0.3, -0.25) is 9.59 Å². The Balaban J connectivity index is 0.000000695. The molecule has 3 N–H and O–H groups in total. The summed E-state index contributed by atoms with van der Waals surface area (Å²) in [6.45, 7) is 8.29. The Bertz CT molecular complexity index is 3160. The van der Waals surface area contributed by atoms with E-state index < -0.39 is 221 Å². The molecule has 3 fully saturated rings. The average Bonchev–Trinajstić information content (AvgIpc) is 0.848. The van der Waals surface area contributed by atoms with Crippen molar-refractivity contribution in [3.8, 4) is 0 Å². The van der Waals surface area contributed by atoms with Crippen LogP contribution in [0.15, 0.2) is 72.8 Å². The number of morpholine rings is 3. The fourth-order valence-corrected chi connectivity index (χ4v) is 9440. The molecular weight excluding hydrogens is 7940 g/mol. The maximum absolute atomic E-state index is 12.2.